The molecule has 0 unspecified atom stereocenters. The lowest BCUT2D eigenvalue weighted by Gasteiger charge is -2.18. The number of urea groups is 1. The molecule has 0 N–H and O–H groups in total. The molecule has 0 atom stereocenters. The highest BCUT2D eigenvalue weighted by Crippen LogP contribution is 2.25. The second-order valence-corrected chi connectivity index (χ2v) is 4.32. The van der Waals surface area contributed by atoms with Gasteiger partial charge in [-0.2, -0.15) is 13.2 Å². The van der Waals surface area contributed by atoms with Gasteiger partial charge < -0.3 is 4.90 Å². The second-order valence-electron chi connectivity index (χ2n) is 4.32. The molecule has 0 bridgehead atoms. The Morgan fingerprint density at radius 1 is 1.26 bits per heavy atom. The Labute approximate surface area is 107 Å². The molecule has 1 aromatic rings. The number of rotatable bonds is 2. The molecule has 1 saturated heterocycles. The number of anilines is 1. The van der Waals surface area contributed by atoms with E-state index in [0.717, 1.165) is 10.5 Å². The minimum Gasteiger partial charge on any atom is -0.306 e. The van der Waals surface area contributed by atoms with Crippen LogP contribution >= 0.6 is 0 Å². The summed E-state index contributed by atoms with van der Waals surface area (Å²) < 4.78 is 36.8. The molecule has 1 fully saturated rings. The van der Waals surface area contributed by atoms with Gasteiger partial charge in [0.1, 0.15) is 13.1 Å². The third kappa shape index (κ3) is 2.86. The predicted molar refractivity (Wildman–Crippen MR) is 61.7 cm³/mol. The van der Waals surface area contributed by atoms with Crippen LogP contribution in [0.15, 0.2) is 24.3 Å². The molecule has 0 aromatic heterocycles. The van der Waals surface area contributed by atoms with Gasteiger partial charge in [-0.05, 0) is 24.6 Å². The van der Waals surface area contributed by atoms with Crippen molar-refractivity contribution in [1.29, 1.82) is 0 Å². The molecule has 1 aromatic carbocycles. The summed E-state index contributed by atoms with van der Waals surface area (Å²) in [6.07, 6.45) is -4.52. The van der Waals surface area contributed by atoms with Crippen molar-refractivity contribution in [1.82, 2.24) is 4.90 Å². The molecule has 1 heterocycles. The van der Waals surface area contributed by atoms with Gasteiger partial charge in [0.2, 0.25) is 0 Å². The van der Waals surface area contributed by atoms with Crippen molar-refractivity contribution in [2.75, 3.05) is 18.0 Å². The van der Waals surface area contributed by atoms with Crippen LogP contribution < -0.4 is 4.90 Å². The SMILES string of the molecule is Cc1cccc(N2C(=O)CN(CC(F)(F)F)C2=O)c1. The zero-order valence-corrected chi connectivity index (χ0v) is 10.1. The summed E-state index contributed by atoms with van der Waals surface area (Å²) in [5, 5.41) is 0. The van der Waals surface area contributed by atoms with Gasteiger partial charge in [0, 0.05) is 0 Å². The molecule has 102 valence electrons. The molecule has 1 aliphatic rings. The Morgan fingerprint density at radius 2 is 1.95 bits per heavy atom. The number of amides is 3. The summed E-state index contributed by atoms with van der Waals surface area (Å²) in [6.45, 7) is -0.200. The number of halogens is 3. The summed E-state index contributed by atoms with van der Waals surface area (Å²) in [5.74, 6) is -0.653. The standard InChI is InChI=1S/C12H11F3N2O2/c1-8-3-2-4-9(5-8)17-10(18)6-16(11(17)19)7-12(13,14)15/h2-5H,6-7H2,1H3. The van der Waals surface area contributed by atoms with E-state index in [0.29, 0.717) is 10.6 Å². The third-order valence-electron chi connectivity index (χ3n) is 2.67. The maximum Gasteiger partial charge on any atom is 0.406 e. The number of hydrogen-bond acceptors (Lipinski definition) is 2. The lowest BCUT2D eigenvalue weighted by atomic mass is 10.2. The Balaban J connectivity index is 2.24. The summed E-state index contributed by atoms with van der Waals surface area (Å²) >= 11 is 0. The number of imide groups is 1. The van der Waals surface area contributed by atoms with E-state index in [-0.39, 0.29) is 0 Å². The molecule has 0 radical (unpaired) electrons. The van der Waals surface area contributed by atoms with E-state index in [1.165, 1.54) is 6.07 Å². The van der Waals surface area contributed by atoms with E-state index in [2.05, 4.69) is 0 Å². The molecule has 2 rings (SSSR count). The first-order valence-electron chi connectivity index (χ1n) is 5.53. The lowest BCUT2D eigenvalue weighted by molar-refractivity contribution is -0.139. The van der Waals surface area contributed by atoms with Gasteiger partial charge in [0.05, 0.1) is 5.69 Å². The average Bonchev–Trinajstić information content (AvgIpc) is 2.51. The quantitative estimate of drug-likeness (QED) is 0.775. The molecular weight excluding hydrogens is 261 g/mol. The Kier molecular flexibility index (Phi) is 3.21. The van der Waals surface area contributed by atoms with Crippen LogP contribution in [0.25, 0.3) is 0 Å². The fourth-order valence-electron chi connectivity index (χ4n) is 1.91. The van der Waals surface area contributed by atoms with Crippen molar-refractivity contribution in [3.05, 3.63) is 29.8 Å². The third-order valence-corrected chi connectivity index (χ3v) is 2.67. The Morgan fingerprint density at radius 3 is 2.53 bits per heavy atom. The molecule has 7 heteroatoms. The van der Waals surface area contributed by atoms with Crippen LogP contribution in [0.5, 0.6) is 0 Å². The first-order chi connectivity index (χ1) is 8.78. The van der Waals surface area contributed by atoms with Gasteiger partial charge in [-0.25, -0.2) is 9.69 Å². The molecule has 3 amide bonds. The van der Waals surface area contributed by atoms with Gasteiger partial charge in [-0.1, -0.05) is 12.1 Å². The monoisotopic (exact) mass is 272 g/mol. The van der Waals surface area contributed by atoms with Gasteiger partial charge in [0.15, 0.2) is 0 Å². The van der Waals surface area contributed by atoms with Crippen LogP contribution in [-0.2, 0) is 4.79 Å². The summed E-state index contributed by atoms with van der Waals surface area (Å²) in [4.78, 5) is 24.8. The lowest BCUT2D eigenvalue weighted by Crippen LogP contribution is -2.38. The minimum absolute atomic E-state index is 0.291. The minimum atomic E-state index is -4.52. The van der Waals surface area contributed by atoms with Crippen molar-refractivity contribution < 1.29 is 22.8 Å². The van der Waals surface area contributed by atoms with Crippen LogP contribution in [0.4, 0.5) is 23.7 Å². The maximum atomic E-state index is 12.3. The van der Waals surface area contributed by atoms with Crippen molar-refractivity contribution in [3.63, 3.8) is 0 Å². The van der Waals surface area contributed by atoms with Gasteiger partial charge >= 0.3 is 12.2 Å². The Hall–Kier alpha value is -2.05. The van der Waals surface area contributed by atoms with E-state index < -0.39 is 31.2 Å². The van der Waals surface area contributed by atoms with Crippen LogP contribution in [-0.4, -0.2) is 36.1 Å². The number of benzene rings is 1. The average molecular weight is 272 g/mol. The zero-order chi connectivity index (χ0) is 14.2. The molecule has 0 aliphatic carbocycles. The summed E-state index contributed by atoms with van der Waals surface area (Å²) in [7, 11) is 0. The van der Waals surface area contributed by atoms with Crippen molar-refractivity contribution >= 4 is 17.6 Å². The largest absolute Gasteiger partial charge is 0.406 e. The fourth-order valence-corrected chi connectivity index (χ4v) is 1.91. The van der Waals surface area contributed by atoms with Gasteiger partial charge in [0.25, 0.3) is 5.91 Å². The number of nitrogens with zero attached hydrogens (tertiary/aromatic N) is 2. The molecular formula is C12H11F3N2O2. The van der Waals surface area contributed by atoms with Crippen LogP contribution in [0.3, 0.4) is 0 Å². The smallest absolute Gasteiger partial charge is 0.306 e. The van der Waals surface area contributed by atoms with Crippen LogP contribution in [0.2, 0.25) is 0 Å². The molecule has 4 nitrogen and oxygen atoms in total. The highest BCUT2D eigenvalue weighted by atomic mass is 19.4. The first kappa shape index (κ1) is 13.4. The van der Waals surface area contributed by atoms with E-state index >= 15 is 0 Å². The summed E-state index contributed by atoms with van der Waals surface area (Å²) in [5.41, 5.74) is 1.10. The number of aryl methyl sites for hydroxylation is 1. The van der Waals surface area contributed by atoms with Crippen LogP contribution in [0, 0.1) is 6.92 Å². The number of hydrogen-bond donors (Lipinski definition) is 0. The number of alkyl halides is 3. The highest BCUT2D eigenvalue weighted by Gasteiger charge is 2.42. The topological polar surface area (TPSA) is 40.6 Å². The molecule has 0 spiro atoms. The van der Waals surface area contributed by atoms with E-state index in [4.69, 9.17) is 0 Å². The fraction of sp³-hybridized carbons (Fsp3) is 0.333. The number of carbonyl (C=O) groups is 2. The van der Waals surface area contributed by atoms with Crippen molar-refractivity contribution in [2.45, 2.75) is 13.1 Å². The molecule has 19 heavy (non-hydrogen) atoms. The molecule has 1 aliphatic heterocycles. The van der Waals surface area contributed by atoms with Crippen molar-refractivity contribution in [2.24, 2.45) is 0 Å². The van der Waals surface area contributed by atoms with Gasteiger partial charge in [-0.15, -0.1) is 0 Å². The Bertz CT molecular complexity index is 528. The van der Waals surface area contributed by atoms with E-state index in [1.807, 2.05) is 0 Å². The second kappa shape index (κ2) is 4.56. The van der Waals surface area contributed by atoms with Crippen LogP contribution in [0.1, 0.15) is 5.56 Å². The molecule has 0 saturated carbocycles. The summed E-state index contributed by atoms with van der Waals surface area (Å²) in [6, 6.07) is 5.56. The predicted octanol–water partition coefficient (Wildman–Crippen LogP) is 2.33. The van der Waals surface area contributed by atoms with Gasteiger partial charge in [-0.3, -0.25) is 4.79 Å². The normalized spacial score (nSPS) is 16.4. The van der Waals surface area contributed by atoms with E-state index in [9.17, 15) is 22.8 Å². The maximum absolute atomic E-state index is 12.3. The van der Waals surface area contributed by atoms with E-state index in [1.54, 1.807) is 25.1 Å². The first-order valence-corrected chi connectivity index (χ1v) is 5.53. The number of carbonyl (C=O) groups excluding carboxylic acids is 2. The zero-order valence-electron chi connectivity index (χ0n) is 10.1. The van der Waals surface area contributed by atoms with Crippen molar-refractivity contribution in [3.8, 4) is 0 Å². The highest BCUT2D eigenvalue weighted by molar-refractivity contribution is 6.19.